The molecular weight excluding hydrogens is 226 g/mol. The fourth-order valence-electron chi connectivity index (χ4n) is 2.58. The minimum absolute atomic E-state index is 0.672. The molecule has 0 aromatic heterocycles. The lowest BCUT2D eigenvalue weighted by atomic mass is 9.83. The number of carboxylic acids is 1. The van der Waals surface area contributed by atoms with Crippen LogP contribution in [0.25, 0.3) is 0 Å². The van der Waals surface area contributed by atoms with Crippen molar-refractivity contribution in [2.24, 2.45) is 0 Å². The standard InChI is InChI=1S/C15H21NO2/c1-12-4-6-13(7-5-12)8-10-15(14(17)18)9-2-3-11-16-15/h4-7,16H,2-3,8-11H2,1H3,(H,17,18). The number of rotatable bonds is 4. The number of benzene rings is 1. The zero-order valence-electron chi connectivity index (χ0n) is 10.9. The lowest BCUT2D eigenvalue weighted by Crippen LogP contribution is -2.54. The molecule has 1 aromatic rings. The highest BCUT2D eigenvalue weighted by Crippen LogP contribution is 2.25. The van der Waals surface area contributed by atoms with Gasteiger partial charge in [0.15, 0.2) is 0 Å². The summed E-state index contributed by atoms with van der Waals surface area (Å²) in [5.74, 6) is -0.700. The molecule has 98 valence electrons. The van der Waals surface area contributed by atoms with Crippen molar-refractivity contribution in [1.82, 2.24) is 5.32 Å². The minimum atomic E-state index is -0.705. The molecule has 1 aromatic carbocycles. The van der Waals surface area contributed by atoms with E-state index in [2.05, 4.69) is 36.5 Å². The molecule has 1 aliphatic rings. The van der Waals surface area contributed by atoms with E-state index in [4.69, 9.17) is 0 Å². The van der Waals surface area contributed by atoms with Crippen molar-refractivity contribution in [3.8, 4) is 0 Å². The van der Waals surface area contributed by atoms with Gasteiger partial charge in [-0.15, -0.1) is 0 Å². The summed E-state index contributed by atoms with van der Waals surface area (Å²) in [6.07, 6.45) is 4.33. The Morgan fingerprint density at radius 2 is 2.06 bits per heavy atom. The van der Waals surface area contributed by atoms with Gasteiger partial charge in [0.2, 0.25) is 0 Å². The van der Waals surface area contributed by atoms with Crippen LogP contribution in [0.3, 0.4) is 0 Å². The normalized spacial score (nSPS) is 23.8. The van der Waals surface area contributed by atoms with Crippen LogP contribution in [0.4, 0.5) is 0 Å². The van der Waals surface area contributed by atoms with Gasteiger partial charge in [0.05, 0.1) is 0 Å². The van der Waals surface area contributed by atoms with Gasteiger partial charge in [-0.25, -0.2) is 0 Å². The van der Waals surface area contributed by atoms with E-state index in [0.29, 0.717) is 6.42 Å². The molecule has 1 saturated heterocycles. The summed E-state index contributed by atoms with van der Waals surface area (Å²) >= 11 is 0. The maximum absolute atomic E-state index is 11.5. The Balaban J connectivity index is 2.01. The summed E-state index contributed by atoms with van der Waals surface area (Å²) in [6, 6.07) is 8.34. The smallest absolute Gasteiger partial charge is 0.323 e. The SMILES string of the molecule is Cc1ccc(CCC2(C(=O)O)CCCCN2)cc1. The van der Waals surface area contributed by atoms with E-state index in [1.807, 2.05) is 0 Å². The Bertz CT molecular complexity index is 405. The highest BCUT2D eigenvalue weighted by atomic mass is 16.4. The fourth-order valence-corrected chi connectivity index (χ4v) is 2.58. The second-order valence-electron chi connectivity index (χ2n) is 5.26. The van der Waals surface area contributed by atoms with Crippen molar-refractivity contribution < 1.29 is 9.90 Å². The molecule has 1 unspecified atom stereocenters. The highest BCUT2D eigenvalue weighted by molar-refractivity contribution is 5.79. The zero-order valence-corrected chi connectivity index (χ0v) is 10.9. The molecule has 0 bridgehead atoms. The topological polar surface area (TPSA) is 49.3 Å². The van der Waals surface area contributed by atoms with Crippen molar-refractivity contribution in [3.05, 3.63) is 35.4 Å². The molecule has 1 heterocycles. The van der Waals surface area contributed by atoms with Gasteiger partial charge in [-0.3, -0.25) is 4.79 Å². The van der Waals surface area contributed by atoms with Crippen molar-refractivity contribution in [2.45, 2.75) is 44.6 Å². The number of aryl methyl sites for hydroxylation is 2. The number of carbonyl (C=O) groups is 1. The summed E-state index contributed by atoms with van der Waals surface area (Å²) in [4.78, 5) is 11.5. The Morgan fingerprint density at radius 1 is 1.33 bits per heavy atom. The number of aliphatic carboxylic acids is 1. The number of carboxylic acid groups (broad SMARTS) is 1. The summed E-state index contributed by atoms with van der Waals surface area (Å²) in [5, 5.41) is 12.7. The zero-order chi connectivity index (χ0) is 13.0. The molecule has 0 spiro atoms. The Labute approximate surface area is 108 Å². The number of hydrogen-bond donors (Lipinski definition) is 2. The van der Waals surface area contributed by atoms with Gasteiger partial charge in [-0.1, -0.05) is 29.8 Å². The maximum Gasteiger partial charge on any atom is 0.323 e. The highest BCUT2D eigenvalue weighted by Gasteiger charge is 2.38. The van der Waals surface area contributed by atoms with Crippen LogP contribution in [-0.4, -0.2) is 23.2 Å². The van der Waals surface area contributed by atoms with Crippen molar-refractivity contribution >= 4 is 5.97 Å². The van der Waals surface area contributed by atoms with Gasteiger partial charge in [0.1, 0.15) is 5.54 Å². The molecule has 1 atom stereocenters. The molecule has 0 amide bonds. The van der Waals surface area contributed by atoms with E-state index in [1.54, 1.807) is 0 Å². The van der Waals surface area contributed by atoms with Gasteiger partial charge < -0.3 is 10.4 Å². The second-order valence-corrected chi connectivity index (χ2v) is 5.26. The quantitative estimate of drug-likeness (QED) is 0.859. The van der Waals surface area contributed by atoms with Gasteiger partial charge in [-0.05, 0) is 51.1 Å². The van der Waals surface area contributed by atoms with E-state index in [0.717, 1.165) is 32.2 Å². The van der Waals surface area contributed by atoms with Crippen molar-refractivity contribution in [1.29, 1.82) is 0 Å². The lowest BCUT2D eigenvalue weighted by molar-refractivity contribution is -0.146. The molecular formula is C15H21NO2. The van der Waals surface area contributed by atoms with Gasteiger partial charge in [0, 0.05) is 0 Å². The molecule has 3 heteroatoms. The van der Waals surface area contributed by atoms with Gasteiger partial charge in [0.25, 0.3) is 0 Å². The van der Waals surface area contributed by atoms with Crippen LogP contribution in [0, 0.1) is 6.92 Å². The molecule has 0 aliphatic carbocycles. The van der Waals surface area contributed by atoms with Crippen LogP contribution in [0.2, 0.25) is 0 Å². The minimum Gasteiger partial charge on any atom is -0.480 e. The molecule has 1 aliphatic heterocycles. The van der Waals surface area contributed by atoms with Crippen LogP contribution in [0.1, 0.15) is 36.8 Å². The third-order valence-electron chi connectivity index (χ3n) is 3.86. The lowest BCUT2D eigenvalue weighted by Gasteiger charge is -2.34. The van der Waals surface area contributed by atoms with Crippen LogP contribution in [0.5, 0.6) is 0 Å². The fraction of sp³-hybridized carbons (Fsp3) is 0.533. The average Bonchev–Trinajstić information content (AvgIpc) is 2.39. The van der Waals surface area contributed by atoms with E-state index >= 15 is 0 Å². The largest absolute Gasteiger partial charge is 0.480 e. The third-order valence-corrected chi connectivity index (χ3v) is 3.86. The summed E-state index contributed by atoms with van der Waals surface area (Å²) in [6.45, 7) is 2.88. The van der Waals surface area contributed by atoms with E-state index in [-0.39, 0.29) is 0 Å². The number of hydrogen-bond acceptors (Lipinski definition) is 2. The molecule has 2 N–H and O–H groups in total. The van der Waals surface area contributed by atoms with E-state index < -0.39 is 11.5 Å². The number of piperidine rings is 1. The first-order chi connectivity index (χ1) is 8.62. The first-order valence-corrected chi connectivity index (χ1v) is 6.66. The summed E-state index contributed by atoms with van der Waals surface area (Å²) in [5.41, 5.74) is 1.75. The average molecular weight is 247 g/mol. The van der Waals surface area contributed by atoms with Crippen LogP contribution in [-0.2, 0) is 11.2 Å². The van der Waals surface area contributed by atoms with Crippen LogP contribution in [0.15, 0.2) is 24.3 Å². The molecule has 18 heavy (non-hydrogen) atoms. The van der Waals surface area contributed by atoms with E-state index in [9.17, 15) is 9.90 Å². The predicted octanol–water partition coefficient (Wildman–Crippen LogP) is 2.52. The summed E-state index contributed by atoms with van der Waals surface area (Å²) in [7, 11) is 0. The molecule has 0 saturated carbocycles. The maximum atomic E-state index is 11.5. The molecule has 1 fully saturated rings. The predicted molar refractivity (Wildman–Crippen MR) is 71.7 cm³/mol. The molecule has 2 rings (SSSR count). The second kappa shape index (κ2) is 5.53. The Kier molecular flexibility index (Phi) is 4.02. The van der Waals surface area contributed by atoms with Crippen molar-refractivity contribution in [2.75, 3.05) is 6.54 Å². The molecule has 0 radical (unpaired) electrons. The van der Waals surface area contributed by atoms with Gasteiger partial charge >= 0.3 is 5.97 Å². The van der Waals surface area contributed by atoms with Crippen LogP contribution >= 0.6 is 0 Å². The van der Waals surface area contributed by atoms with Crippen molar-refractivity contribution in [3.63, 3.8) is 0 Å². The third kappa shape index (κ3) is 2.91. The monoisotopic (exact) mass is 247 g/mol. The number of nitrogens with one attached hydrogen (secondary N) is 1. The molecule has 3 nitrogen and oxygen atoms in total. The summed E-state index contributed by atoms with van der Waals surface area (Å²) < 4.78 is 0. The van der Waals surface area contributed by atoms with Gasteiger partial charge in [-0.2, -0.15) is 0 Å². The first kappa shape index (κ1) is 13.1. The van der Waals surface area contributed by atoms with E-state index in [1.165, 1.54) is 11.1 Å². The Morgan fingerprint density at radius 3 is 2.61 bits per heavy atom. The van der Waals surface area contributed by atoms with Crippen LogP contribution < -0.4 is 5.32 Å². The first-order valence-electron chi connectivity index (χ1n) is 6.66. The Hall–Kier alpha value is -1.35.